The highest BCUT2D eigenvalue weighted by Gasteiger charge is 2.16. The Bertz CT molecular complexity index is 119. The first-order valence-electron chi connectivity index (χ1n) is 1.82. The van der Waals surface area contributed by atoms with E-state index in [9.17, 15) is 4.79 Å². The summed E-state index contributed by atoms with van der Waals surface area (Å²) in [4.78, 5) is 10.0. The van der Waals surface area contributed by atoms with E-state index in [0.717, 1.165) is 0 Å². The maximum atomic E-state index is 10.2. The molecule has 0 fully saturated rings. The molecule has 0 aromatic carbocycles. The molecule has 0 aromatic heterocycles. The van der Waals surface area contributed by atoms with Crippen molar-refractivity contribution in [1.29, 1.82) is 0 Å². The molecule has 0 radical (unpaired) electrons. The first-order valence-corrected chi connectivity index (χ1v) is 2.73. The van der Waals surface area contributed by atoms with Crippen LogP contribution in [-0.4, -0.2) is 10.8 Å². The summed E-state index contributed by atoms with van der Waals surface area (Å²) in [5, 5.41) is 0. The van der Waals surface area contributed by atoms with E-state index < -0.39 is 0 Å². The zero-order valence-electron chi connectivity index (χ0n) is 3.43. The molecule has 0 aromatic rings. The van der Waals surface area contributed by atoms with Gasteiger partial charge in [0, 0.05) is 0 Å². The molecule has 0 bridgehead atoms. The van der Waals surface area contributed by atoms with Gasteiger partial charge in [-0.1, -0.05) is 15.9 Å². The van der Waals surface area contributed by atoms with Crippen LogP contribution in [0.25, 0.3) is 0 Å². The summed E-state index contributed by atoms with van der Waals surface area (Å²) in [5.41, 5.74) is 0. The van der Waals surface area contributed by atoms with E-state index in [1.807, 2.05) is 0 Å². The van der Waals surface area contributed by atoms with Gasteiger partial charge in [0.25, 0.3) is 0 Å². The smallest absolute Gasteiger partial charge is 0.328 e. The van der Waals surface area contributed by atoms with E-state index in [4.69, 9.17) is 0 Å². The molecule has 1 aliphatic rings. The standard InChI is InChI=1S/C4H3BrO2/c5-3-1-2-7-4(3)6/h1-3H/t3-/m1/s1. The monoisotopic (exact) mass is 162 g/mol. The molecule has 1 heterocycles. The Labute approximate surface area is 49.3 Å². The van der Waals surface area contributed by atoms with Gasteiger partial charge in [-0.05, 0) is 6.08 Å². The van der Waals surface area contributed by atoms with Crippen LogP contribution in [-0.2, 0) is 9.53 Å². The lowest BCUT2D eigenvalue weighted by molar-refractivity contribution is -0.134. The summed E-state index contributed by atoms with van der Waals surface area (Å²) in [6.07, 6.45) is 3.02. The number of halogens is 1. The first-order chi connectivity index (χ1) is 3.30. The van der Waals surface area contributed by atoms with Crippen molar-refractivity contribution < 1.29 is 9.53 Å². The summed E-state index contributed by atoms with van der Waals surface area (Å²) < 4.78 is 4.40. The predicted octanol–water partition coefficient (Wildman–Crippen LogP) is 0.820. The Hall–Kier alpha value is -0.310. The zero-order chi connectivity index (χ0) is 5.28. The Kier molecular flexibility index (Phi) is 1.15. The highest BCUT2D eigenvalue weighted by Crippen LogP contribution is 2.09. The average molecular weight is 163 g/mol. The second-order valence-corrected chi connectivity index (χ2v) is 2.15. The lowest BCUT2D eigenvalue weighted by atomic mass is 10.5. The summed E-state index contributed by atoms with van der Waals surface area (Å²) in [6.45, 7) is 0. The third kappa shape index (κ3) is 0.825. The number of rotatable bonds is 0. The fourth-order valence-corrected chi connectivity index (χ4v) is 0.551. The van der Waals surface area contributed by atoms with Crippen LogP contribution in [0.2, 0.25) is 0 Å². The lowest BCUT2D eigenvalue weighted by Gasteiger charge is -1.87. The van der Waals surface area contributed by atoms with Crippen molar-refractivity contribution >= 4 is 21.9 Å². The van der Waals surface area contributed by atoms with Crippen molar-refractivity contribution in [3.8, 4) is 0 Å². The van der Waals surface area contributed by atoms with Gasteiger partial charge in [-0.3, -0.25) is 4.79 Å². The van der Waals surface area contributed by atoms with Crippen LogP contribution < -0.4 is 0 Å². The van der Waals surface area contributed by atoms with Crippen molar-refractivity contribution in [2.24, 2.45) is 0 Å². The van der Waals surface area contributed by atoms with Crippen molar-refractivity contribution in [2.75, 3.05) is 0 Å². The SMILES string of the molecule is O=C1OC=C[C@H]1Br. The molecule has 0 aliphatic carbocycles. The molecular formula is C4H3BrO2. The summed E-state index contributed by atoms with van der Waals surface area (Å²) in [7, 11) is 0. The van der Waals surface area contributed by atoms with E-state index in [1.54, 1.807) is 6.08 Å². The molecular weight excluding hydrogens is 160 g/mol. The third-order valence-electron chi connectivity index (χ3n) is 0.657. The Balaban J connectivity index is 2.62. The summed E-state index contributed by atoms with van der Waals surface area (Å²) in [5.74, 6) is -0.236. The fourth-order valence-electron chi connectivity index (χ4n) is 0.319. The highest BCUT2D eigenvalue weighted by molar-refractivity contribution is 9.10. The summed E-state index contributed by atoms with van der Waals surface area (Å²) in [6, 6.07) is 0. The summed E-state index contributed by atoms with van der Waals surface area (Å²) >= 11 is 3.04. The fraction of sp³-hybridized carbons (Fsp3) is 0.250. The van der Waals surface area contributed by atoms with E-state index >= 15 is 0 Å². The topological polar surface area (TPSA) is 26.3 Å². The zero-order valence-corrected chi connectivity index (χ0v) is 5.01. The van der Waals surface area contributed by atoms with E-state index in [1.165, 1.54) is 6.26 Å². The molecule has 7 heavy (non-hydrogen) atoms. The maximum Gasteiger partial charge on any atom is 0.328 e. The van der Waals surface area contributed by atoms with Crippen LogP contribution in [0.3, 0.4) is 0 Å². The first kappa shape index (κ1) is 4.84. The Morgan fingerprint density at radius 3 is 2.71 bits per heavy atom. The lowest BCUT2D eigenvalue weighted by Crippen LogP contribution is -2.04. The number of esters is 1. The van der Waals surface area contributed by atoms with Gasteiger partial charge in [0.15, 0.2) is 0 Å². The number of hydrogen-bond acceptors (Lipinski definition) is 2. The minimum atomic E-state index is -0.236. The molecule has 0 saturated heterocycles. The van der Waals surface area contributed by atoms with Crippen LogP contribution in [0.1, 0.15) is 0 Å². The molecule has 1 atom stereocenters. The molecule has 0 unspecified atom stereocenters. The van der Waals surface area contributed by atoms with Gasteiger partial charge in [0.1, 0.15) is 4.83 Å². The van der Waals surface area contributed by atoms with Gasteiger partial charge in [0.2, 0.25) is 0 Å². The van der Waals surface area contributed by atoms with Crippen molar-refractivity contribution in [1.82, 2.24) is 0 Å². The number of hydrogen-bond donors (Lipinski definition) is 0. The number of carbonyl (C=O) groups is 1. The molecule has 38 valence electrons. The molecule has 2 nitrogen and oxygen atoms in total. The highest BCUT2D eigenvalue weighted by atomic mass is 79.9. The average Bonchev–Trinajstić information content (AvgIpc) is 1.91. The van der Waals surface area contributed by atoms with Crippen molar-refractivity contribution in [3.05, 3.63) is 12.3 Å². The third-order valence-corrected chi connectivity index (χ3v) is 1.34. The van der Waals surface area contributed by atoms with Gasteiger partial charge >= 0.3 is 5.97 Å². The molecule has 0 saturated carbocycles. The molecule has 0 amide bonds. The van der Waals surface area contributed by atoms with Gasteiger partial charge in [-0.15, -0.1) is 0 Å². The van der Waals surface area contributed by atoms with E-state index in [-0.39, 0.29) is 10.8 Å². The van der Waals surface area contributed by atoms with Gasteiger partial charge in [-0.25, -0.2) is 0 Å². The number of ether oxygens (including phenoxy) is 1. The van der Waals surface area contributed by atoms with Gasteiger partial charge < -0.3 is 4.74 Å². The number of cyclic esters (lactones) is 1. The van der Waals surface area contributed by atoms with Crippen molar-refractivity contribution in [3.63, 3.8) is 0 Å². The van der Waals surface area contributed by atoms with Crippen LogP contribution in [0.15, 0.2) is 12.3 Å². The van der Waals surface area contributed by atoms with Crippen LogP contribution in [0.5, 0.6) is 0 Å². The van der Waals surface area contributed by atoms with Crippen LogP contribution in [0.4, 0.5) is 0 Å². The minimum absolute atomic E-state index is 0.215. The number of carbonyl (C=O) groups excluding carboxylic acids is 1. The van der Waals surface area contributed by atoms with E-state index in [0.29, 0.717) is 0 Å². The largest absolute Gasteiger partial charge is 0.434 e. The van der Waals surface area contributed by atoms with Crippen LogP contribution >= 0.6 is 15.9 Å². The second-order valence-electron chi connectivity index (χ2n) is 1.17. The van der Waals surface area contributed by atoms with E-state index in [2.05, 4.69) is 20.7 Å². The maximum absolute atomic E-state index is 10.2. The molecule has 0 spiro atoms. The quantitative estimate of drug-likeness (QED) is 0.390. The van der Waals surface area contributed by atoms with Crippen molar-refractivity contribution in [2.45, 2.75) is 4.83 Å². The van der Waals surface area contributed by atoms with Crippen LogP contribution in [0, 0.1) is 0 Å². The number of alkyl halides is 1. The molecule has 3 heteroatoms. The van der Waals surface area contributed by atoms with Gasteiger partial charge in [-0.2, -0.15) is 0 Å². The Morgan fingerprint density at radius 1 is 1.86 bits per heavy atom. The second kappa shape index (κ2) is 1.66. The molecule has 1 aliphatic heterocycles. The normalized spacial score (nSPS) is 28.1. The molecule has 1 rings (SSSR count). The minimum Gasteiger partial charge on any atom is -0.434 e. The predicted molar refractivity (Wildman–Crippen MR) is 27.9 cm³/mol. The van der Waals surface area contributed by atoms with Gasteiger partial charge in [0.05, 0.1) is 6.26 Å². The molecule has 0 N–H and O–H groups in total. The Morgan fingerprint density at radius 2 is 2.57 bits per heavy atom.